The lowest BCUT2D eigenvalue weighted by atomic mass is 10.3. The summed E-state index contributed by atoms with van der Waals surface area (Å²) in [6.45, 7) is 5.22. The summed E-state index contributed by atoms with van der Waals surface area (Å²) in [6.07, 6.45) is 1.17. The summed E-state index contributed by atoms with van der Waals surface area (Å²) in [6, 6.07) is 6.00. The Morgan fingerprint density at radius 2 is 2.16 bits per heavy atom. The van der Waals surface area contributed by atoms with Gasteiger partial charge in [0.2, 0.25) is 0 Å². The van der Waals surface area contributed by atoms with Gasteiger partial charge < -0.3 is 20.1 Å². The Labute approximate surface area is 115 Å². The number of nitrogens with zero attached hydrogens (tertiary/aromatic N) is 1. The molecule has 1 rings (SSSR count). The predicted octanol–water partition coefficient (Wildman–Crippen LogP) is 1.65. The molecule has 1 unspecified atom stereocenters. The molecule has 0 radical (unpaired) electrons. The van der Waals surface area contributed by atoms with E-state index in [1.807, 2.05) is 18.2 Å². The molecule has 1 aromatic rings. The summed E-state index contributed by atoms with van der Waals surface area (Å²) in [5.41, 5.74) is 1.04. The van der Waals surface area contributed by atoms with Gasteiger partial charge in [-0.3, -0.25) is 0 Å². The van der Waals surface area contributed by atoms with Crippen LogP contribution in [-0.2, 0) is 16.0 Å². The first-order valence-electron chi connectivity index (χ1n) is 6.72. The van der Waals surface area contributed by atoms with E-state index >= 15 is 0 Å². The highest BCUT2D eigenvalue weighted by Gasteiger charge is 2.06. The molecule has 0 aliphatic heterocycles. The number of pyridine rings is 1. The van der Waals surface area contributed by atoms with Crippen LogP contribution in [-0.4, -0.2) is 45.0 Å². The van der Waals surface area contributed by atoms with Crippen molar-refractivity contribution in [2.75, 3.05) is 39.2 Å². The van der Waals surface area contributed by atoms with Crippen LogP contribution in [0.3, 0.4) is 0 Å². The van der Waals surface area contributed by atoms with Crippen molar-refractivity contribution < 1.29 is 9.47 Å². The first-order chi connectivity index (χ1) is 9.30. The van der Waals surface area contributed by atoms with E-state index in [9.17, 15) is 0 Å². The van der Waals surface area contributed by atoms with E-state index in [1.165, 1.54) is 0 Å². The summed E-state index contributed by atoms with van der Waals surface area (Å²) in [4.78, 5) is 4.54. The van der Waals surface area contributed by atoms with Crippen molar-refractivity contribution in [3.63, 3.8) is 0 Å². The maximum Gasteiger partial charge on any atom is 0.126 e. The Morgan fingerprint density at radius 1 is 1.32 bits per heavy atom. The monoisotopic (exact) mass is 267 g/mol. The van der Waals surface area contributed by atoms with Gasteiger partial charge >= 0.3 is 0 Å². The second kappa shape index (κ2) is 9.72. The number of hydrogen-bond donors (Lipinski definition) is 2. The Bertz CT molecular complexity index is 347. The van der Waals surface area contributed by atoms with Gasteiger partial charge in [-0.2, -0.15) is 0 Å². The lowest BCUT2D eigenvalue weighted by Crippen LogP contribution is -2.27. The van der Waals surface area contributed by atoms with E-state index in [1.54, 1.807) is 14.2 Å². The molecule has 0 amide bonds. The molecule has 0 aromatic carbocycles. The van der Waals surface area contributed by atoms with Crippen molar-refractivity contribution in [2.45, 2.75) is 26.0 Å². The molecule has 5 heteroatoms. The maximum atomic E-state index is 5.29. The van der Waals surface area contributed by atoms with Gasteiger partial charge in [-0.05, 0) is 25.1 Å². The standard InChI is InChI=1S/C14H25N3O2/c1-4-8-15-9-12-6-5-7-14(17-12)16-10-13(19-3)11-18-2/h5-7,13,15H,4,8-11H2,1-3H3,(H,16,17). The lowest BCUT2D eigenvalue weighted by molar-refractivity contribution is 0.0365. The molecule has 0 spiro atoms. The molecule has 1 heterocycles. The van der Waals surface area contributed by atoms with Crippen LogP contribution in [0.15, 0.2) is 18.2 Å². The van der Waals surface area contributed by atoms with Gasteiger partial charge in [0.05, 0.1) is 18.4 Å². The molecular formula is C14H25N3O2. The van der Waals surface area contributed by atoms with Gasteiger partial charge in [-0.1, -0.05) is 13.0 Å². The van der Waals surface area contributed by atoms with Crippen LogP contribution in [0.1, 0.15) is 19.0 Å². The van der Waals surface area contributed by atoms with Crippen LogP contribution < -0.4 is 10.6 Å². The van der Waals surface area contributed by atoms with Gasteiger partial charge in [0, 0.05) is 27.3 Å². The normalized spacial score (nSPS) is 12.4. The second-order valence-corrected chi connectivity index (χ2v) is 4.38. The third kappa shape index (κ3) is 6.52. The number of aromatic nitrogens is 1. The fourth-order valence-electron chi connectivity index (χ4n) is 1.68. The van der Waals surface area contributed by atoms with E-state index < -0.39 is 0 Å². The van der Waals surface area contributed by atoms with Crippen molar-refractivity contribution in [2.24, 2.45) is 0 Å². The number of ether oxygens (including phenoxy) is 2. The summed E-state index contributed by atoms with van der Waals surface area (Å²) in [7, 11) is 3.36. The number of methoxy groups -OCH3 is 2. The van der Waals surface area contributed by atoms with E-state index in [4.69, 9.17) is 9.47 Å². The van der Waals surface area contributed by atoms with Gasteiger partial charge in [-0.15, -0.1) is 0 Å². The molecule has 0 aliphatic rings. The highest BCUT2D eigenvalue weighted by atomic mass is 16.5. The van der Waals surface area contributed by atoms with E-state index in [0.29, 0.717) is 13.2 Å². The van der Waals surface area contributed by atoms with E-state index in [0.717, 1.165) is 31.0 Å². The second-order valence-electron chi connectivity index (χ2n) is 4.38. The van der Waals surface area contributed by atoms with Crippen LogP contribution in [0.5, 0.6) is 0 Å². The zero-order valence-electron chi connectivity index (χ0n) is 12.1. The average molecular weight is 267 g/mol. The van der Waals surface area contributed by atoms with Crippen LogP contribution >= 0.6 is 0 Å². The summed E-state index contributed by atoms with van der Waals surface area (Å²) in [5, 5.41) is 6.61. The minimum absolute atomic E-state index is 0.0358. The minimum atomic E-state index is 0.0358. The van der Waals surface area contributed by atoms with Crippen molar-refractivity contribution in [1.82, 2.24) is 10.3 Å². The van der Waals surface area contributed by atoms with Crippen LogP contribution in [0.4, 0.5) is 5.82 Å². The smallest absolute Gasteiger partial charge is 0.126 e. The van der Waals surface area contributed by atoms with Crippen molar-refractivity contribution in [1.29, 1.82) is 0 Å². The first kappa shape index (κ1) is 15.9. The molecule has 0 aliphatic carbocycles. The van der Waals surface area contributed by atoms with Crippen molar-refractivity contribution >= 4 is 5.82 Å². The molecule has 108 valence electrons. The first-order valence-corrected chi connectivity index (χ1v) is 6.72. The zero-order valence-corrected chi connectivity index (χ0v) is 12.1. The molecule has 0 saturated heterocycles. The Morgan fingerprint density at radius 3 is 2.84 bits per heavy atom. The molecule has 0 saturated carbocycles. The van der Waals surface area contributed by atoms with Gasteiger partial charge in [0.15, 0.2) is 0 Å². The van der Waals surface area contributed by atoms with Crippen LogP contribution in [0.25, 0.3) is 0 Å². The third-order valence-electron chi connectivity index (χ3n) is 2.74. The molecule has 1 atom stereocenters. The van der Waals surface area contributed by atoms with Gasteiger partial charge in [0.25, 0.3) is 0 Å². The largest absolute Gasteiger partial charge is 0.382 e. The molecular weight excluding hydrogens is 242 g/mol. The minimum Gasteiger partial charge on any atom is -0.382 e. The fourth-order valence-corrected chi connectivity index (χ4v) is 1.68. The lowest BCUT2D eigenvalue weighted by Gasteiger charge is -2.15. The predicted molar refractivity (Wildman–Crippen MR) is 77.4 cm³/mol. The zero-order chi connectivity index (χ0) is 13.9. The fraction of sp³-hybridized carbons (Fsp3) is 0.643. The molecule has 19 heavy (non-hydrogen) atoms. The van der Waals surface area contributed by atoms with Crippen LogP contribution in [0.2, 0.25) is 0 Å². The van der Waals surface area contributed by atoms with E-state index in [2.05, 4.69) is 22.5 Å². The molecule has 0 bridgehead atoms. The summed E-state index contributed by atoms with van der Waals surface area (Å²) in [5.74, 6) is 0.869. The SMILES string of the molecule is CCCNCc1cccc(NCC(COC)OC)n1. The number of anilines is 1. The Balaban J connectivity index is 2.42. The maximum absolute atomic E-state index is 5.29. The summed E-state index contributed by atoms with van der Waals surface area (Å²) >= 11 is 0. The van der Waals surface area contributed by atoms with E-state index in [-0.39, 0.29) is 6.10 Å². The van der Waals surface area contributed by atoms with Gasteiger partial charge in [-0.25, -0.2) is 4.98 Å². The van der Waals surface area contributed by atoms with Crippen LogP contribution in [0, 0.1) is 0 Å². The highest BCUT2D eigenvalue weighted by molar-refractivity contribution is 5.35. The van der Waals surface area contributed by atoms with Crippen molar-refractivity contribution in [3.05, 3.63) is 23.9 Å². The molecule has 0 fully saturated rings. The van der Waals surface area contributed by atoms with Gasteiger partial charge in [0.1, 0.15) is 5.82 Å². The topological polar surface area (TPSA) is 55.4 Å². The number of nitrogens with one attached hydrogen (secondary N) is 2. The quantitative estimate of drug-likeness (QED) is 0.631. The Hall–Kier alpha value is -1.17. The third-order valence-corrected chi connectivity index (χ3v) is 2.74. The summed E-state index contributed by atoms with van der Waals surface area (Å²) < 4.78 is 10.4. The highest BCUT2D eigenvalue weighted by Crippen LogP contribution is 2.05. The van der Waals surface area contributed by atoms with Crippen molar-refractivity contribution in [3.8, 4) is 0 Å². The molecule has 2 N–H and O–H groups in total. The number of rotatable bonds is 10. The Kier molecular flexibility index (Phi) is 8.13. The molecule has 5 nitrogen and oxygen atoms in total. The number of hydrogen-bond acceptors (Lipinski definition) is 5. The molecule has 1 aromatic heterocycles. The average Bonchev–Trinajstić information content (AvgIpc) is 2.44.